The molecule has 1 atom stereocenters. The van der Waals surface area contributed by atoms with Crippen molar-refractivity contribution in [3.05, 3.63) is 24.0 Å². The lowest BCUT2D eigenvalue weighted by molar-refractivity contribution is -0.138. The van der Waals surface area contributed by atoms with E-state index in [2.05, 4.69) is 15.6 Å². The summed E-state index contributed by atoms with van der Waals surface area (Å²) in [4.78, 5) is 26.6. The van der Waals surface area contributed by atoms with Crippen LogP contribution in [0.5, 0.6) is 0 Å². The van der Waals surface area contributed by atoms with Gasteiger partial charge < -0.3 is 15.7 Å². The molecule has 0 aliphatic heterocycles. The predicted octanol–water partition coefficient (Wildman–Crippen LogP) is 2.65. The lowest BCUT2D eigenvalue weighted by Gasteiger charge is -2.18. The lowest BCUT2D eigenvalue weighted by atomic mass is 9.94. The molecular weight excluding hydrogens is 270 g/mol. The molecule has 2 amide bonds. The van der Waals surface area contributed by atoms with E-state index in [1.807, 2.05) is 26.8 Å². The zero-order valence-corrected chi connectivity index (χ0v) is 12.7. The summed E-state index contributed by atoms with van der Waals surface area (Å²) in [6.45, 7) is 6.30. The van der Waals surface area contributed by atoms with Crippen molar-refractivity contribution in [1.29, 1.82) is 0 Å². The summed E-state index contributed by atoms with van der Waals surface area (Å²) < 4.78 is 0. The SMILES string of the molecule is Cc1cncc(NC(=O)NC[C@H](CC(=O)O)CC(C)C)c1. The maximum atomic E-state index is 11.8. The third-order valence-electron chi connectivity index (χ3n) is 2.95. The number of hydrogen-bond acceptors (Lipinski definition) is 3. The number of amides is 2. The highest BCUT2D eigenvalue weighted by Crippen LogP contribution is 2.15. The first-order valence-electron chi connectivity index (χ1n) is 7.05. The number of rotatable bonds is 7. The van der Waals surface area contributed by atoms with Crippen LogP contribution in [-0.2, 0) is 4.79 Å². The molecule has 0 saturated heterocycles. The number of carboxylic acid groups (broad SMARTS) is 1. The van der Waals surface area contributed by atoms with Crippen molar-refractivity contribution in [2.45, 2.75) is 33.6 Å². The fraction of sp³-hybridized carbons (Fsp3) is 0.533. The van der Waals surface area contributed by atoms with E-state index < -0.39 is 5.97 Å². The van der Waals surface area contributed by atoms with Gasteiger partial charge in [-0.3, -0.25) is 9.78 Å². The van der Waals surface area contributed by atoms with E-state index in [0.29, 0.717) is 18.2 Å². The Hall–Kier alpha value is -2.11. The molecule has 0 fully saturated rings. The first-order chi connectivity index (χ1) is 9.86. The van der Waals surface area contributed by atoms with Gasteiger partial charge in [0.2, 0.25) is 0 Å². The minimum absolute atomic E-state index is 0.0600. The van der Waals surface area contributed by atoms with E-state index in [4.69, 9.17) is 5.11 Å². The Morgan fingerprint density at radius 3 is 2.62 bits per heavy atom. The van der Waals surface area contributed by atoms with Crippen LogP contribution in [-0.4, -0.2) is 28.6 Å². The molecular formula is C15H23N3O3. The first kappa shape index (κ1) is 16.9. The summed E-state index contributed by atoms with van der Waals surface area (Å²) in [5.41, 5.74) is 1.57. The van der Waals surface area contributed by atoms with Gasteiger partial charge >= 0.3 is 12.0 Å². The number of aromatic nitrogens is 1. The quantitative estimate of drug-likeness (QED) is 0.720. The van der Waals surface area contributed by atoms with Crippen LogP contribution in [0.2, 0.25) is 0 Å². The van der Waals surface area contributed by atoms with Gasteiger partial charge in [0, 0.05) is 19.2 Å². The minimum Gasteiger partial charge on any atom is -0.481 e. The molecule has 0 spiro atoms. The van der Waals surface area contributed by atoms with Crippen LogP contribution in [0, 0.1) is 18.8 Å². The van der Waals surface area contributed by atoms with Crippen LogP contribution in [0.3, 0.4) is 0 Å². The van der Waals surface area contributed by atoms with Gasteiger partial charge in [-0.05, 0) is 36.8 Å². The molecule has 0 aromatic carbocycles. The molecule has 116 valence electrons. The molecule has 0 aliphatic carbocycles. The van der Waals surface area contributed by atoms with E-state index in [-0.39, 0.29) is 18.4 Å². The van der Waals surface area contributed by atoms with Crippen molar-refractivity contribution < 1.29 is 14.7 Å². The predicted molar refractivity (Wildman–Crippen MR) is 81.2 cm³/mol. The zero-order chi connectivity index (χ0) is 15.8. The molecule has 0 aliphatic rings. The largest absolute Gasteiger partial charge is 0.481 e. The van der Waals surface area contributed by atoms with E-state index in [0.717, 1.165) is 12.0 Å². The molecule has 1 aromatic rings. The van der Waals surface area contributed by atoms with Crippen molar-refractivity contribution in [2.24, 2.45) is 11.8 Å². The summed E-state index contributed by atoms with van der Waals surface area (Å²) in [7, 11) is 0. The van der Waals surface area contributed by atoms with Gasteiger partial charge in [-0.2, -0.15) is 0 Å². The molecule has 6 heteroatoms. The van der Waals surface area contributed by atoms with Crippen molar-refractivity contribution in [3.8, 4) is 0 Å². The number of pyridine rings is 1. The van der Waals surface area contributed by atoms with Gasteiger partial charge in [-0.25, -0.2) is 4.79 Å². The molecule has 0 bridgehead atoms. The number of nitrogens with zero attached hydrogens (tertiary/aromatic N) is 1. The molecule has 0 unspecified atom stereocenters. The third kappa shape index (κ3) is 7.29. The molecule has 1 rings (SSSR count). The van der Waals surface area contributed by atoms with E-state index in [1.165, 1.54) is 0 Å². The number of carboxylic acids is 1. The highest BCUT2D eigenvalue weighted by Gasteiger charge is 2.16. The average Bonchev–Trinajstić information content (AvgIpc) is 2.34. The fourth-order valence-electron chi connectivity index (χ4n) is 2.19. The minimum atomic E-state index is -0.842. The first-order valence-corrected chi connectivity index (χ1v) is 7.05. The van der Waals surface area contributed by atoms with Gasteiger partial charge in [-0.1, -0.05) is 13.8 Å². The van der Waals surface area contributed by atoms with Crippen LogP contribution >= 0.6 is 0 Å². The number of aliphatic carboxylic acids is 1. The summed E-state index contributed by atoms with van der Waals surface area (Å²) >= 11 is 0. The van der Waals surface area contributed by atoms with Crippen LogP contribution in [0.4, 0.5) is 10.5 Å². The summed E-state index contributed by atoms with van der Waals surface area (Å²) in [5.74, 6) is -0.519. The van der Waals surface area contributed by atoms with Crippen LogP contribution < -0.4 is 10.6 Å². The monoisotopic (exact) mass is 293 g/mol. The van der Waals surface area contributed by atoms with Gasteiger partial charge in [0.05, 0.1) is 11.9 Å². The Morgan fingerprint density at radius 1 is 1.33 bits per heavy atom. The smallest absolute Gasteiger partial charge is 0.319 e. The Balaban J connectivity index is 2.47. The third-order valence-corrected chi connectivity index (χ3v) is 2.95. The normalized spacial score (nSPS) is 12.0. The second-order valence-electron chi connectivity index (χ2n) is 5.68. The molecule has 3 N–H and O–H groups in total. The topological polar surface area (TPSA) is 91.3 Å². The van der Waals surface area contributed by atoms with E-state index >= 15 is 0 Å². The number of aryl methyl sites for hydroxylation is 1. The Bertz CT molecular complexity index is 489. The molecule has 21 heavy (non-hydrogen) atoms. The van der Waals surface area contributed by atoms with Crippen molar-refractivity contribution in [1.82, 2.24) is 10.3 Å². The van der Waals surface area contributed by atoms with Gasteiger partial charge in [0.15, 0.2) is 0 Å². The Morgan fingerprint density at radius 2 is 2.05 bits per heavy atom. The number of nitrogens with one attached hydrogen (secondary N) is 2. The Labute approximate surface area is 125 Å². The zero-order valence-electron chi connectivity index (χ0n) is 12.7. The number of carbonyl (C=O) groups excluding carboxylic acids is 1. The lowest BCUT2D eigenvalue weighted by Crippen LogP contribution is -2.34. The second kappa shape index (κ2) is 8.24. The van der Waals surface area contributed by atoms with Gasteiger partial charge in [-0.15, -0.1) is 0 Å². The van der Waals surface area contributed by atoms with Crippen LogP contribution in [0.15, 0.2) is 18.5 Å². The van der Waals surface area contributed by atoms with E-state index in [1.54, 1.807) is 12.4 Å². The summed E-state index contributed by atoms with van der Waals surface area (Å²) in [6, 6.07) is 1.47. The average molecular weight is 293 g/mol. The second-order valence-corrected chi connectivity index (χ2v) is 5.68. The number of hydrogen-bond donors (Lipinski definition) is 3. The van der Waals surface area contributed by atoms with Crippen molar-refractivity contribution in [3.63, 3.8) is 0 Å². The molecule has 1 aromatic heterocycles. The van der Waals surface area contributed by atoms with Gasteiger partial charge in [0.25, 0.3) is 0 Å². The molecule has 0 radical (unpaired) electrons. The van der Waals surface area contributed by atoms with Crippen LogP contribution in [0.1, 0.15) is 32.3 Å². The highest BCUT2D eigenvalue weighted by molar-refractivity contribution is 5.89. The van der Waals surface area contributed by atoms with E-state index in [9.17, 15) is 9.59 Å². The Kier molecular flexibility index (Phi) is 6.65. The molecule has 1 heterocycles. The maximum Gasteiger partial charge on any atom is 0.319 e. The number of carbonyl (C=O) groups is 2. The van der Waals surface area contributed by atoms with Gasteiger partial charge in [0.1, 0.15) is 0 Å². The number of urea groups is 1. The molecule has 6 nitrogen and oxygen atoms in total. The summed E-state index contributed by atoms with van der Waals surface area (Å²) in [5, 5.41) is 14.3. The van der Waals surface area contributed by atoms with Crippen molar-refractivity contribution in [2.75, 3.05) is 11.9 Å². The standard InChI is InChI=1S/C15H23N3O3/c1-10(2)4-12(6-14(19)20)8-17-15(21)18-13-5-11(3)7-16-9-13/h5,7,9-10,12H,4,6,8H2,1-3H3,(H,19,20)(H2,17,18,21)/t12-/m0/s1. The molecule has 0 saturated carbocycles. The highest BCUT2D eigenvalue weighted by atomic mass is 16.4. The number of anilines is 1. The summed E-state index contributed by atoms with van der Waals surface area (Å²) in [6.07, 6.45) is 4.09. The van der Waals surface area contributed by atoms with Crippen molar-refractivity contribution >= 4 is 17.7 Å². The van der Waals surface area contributed by atoms with Crippen LogP contribution in [0.25, 0.3) is 0 Å². The maximum absolute atomic E-state index is 11.8. The fourth-order valence-corrected chi connectivity index (χ4v) is 2.19.